The highest BCUT2D eigenvalue weighted by molar-refractivity contribution is 5.86. The molecule has 0 aliphatic rings. The smallest absolute Gasteiger partial charge is 0.213 e. The molecular weight excluding hydrogens is 452 g/mol. The van der Waals surface area contributed by atoms with Gasteiger partial charge >= 0.3 is 0 Å². The molecule has 0 saturated heterocycles. The summed E-state index contributed by atoms with van der Waals surface area (Å²) in [5, 5.41) is 3.26. The molecule has 7 nitrogen and oxygen atoms in total. The van der Waals surface area contributed by atoms with E-state index in [2.05, 4.69) is 40.2 Å². The van der Waals surface area contributed by atoms with E-state index in [1.165, 1.54) is 11.1 Å². The number of pyridine rings is 1. The lowest BCUT2D eigenvalue weighted by Gasteiger charge is -2.22. The average molecular weight is 489 g/mol. The fraction of sp³-hybridized carbons (Fsp3) is 0.345. The van der Waals surface area contributed by atoms with E-state index in [0.717, 1.165) is 39.3 Å². The summed E-state index contributed by atoms with van der Waals surface area (Å²) in [5.41, 5.74) is 7.70. The number of nitrogens with zero attached hydrogens (tertiary/aromatic N) is 3. The summed E-state index contributed by atoms with van der Waals surface area (Å²) in [6.07, 6.45) is 9.42. The van der Waals surface area contributed by atoms with Gasteiger partial charge in [0.2, 0.25) is 5.88 Å². The van der Waals surface area contributed by atoms with Crippen molar-refractivity contribution in [1.82, 2.24) is 15.0 Å². The molecule has 0 saturated carbocycles. The minimum Gasteiger partial charge on any atom is -0.496 e. The van der Waals surface area contributed by atoms with Crippen molar-refractivity contribution in [2.75, 3.05) is 32.7 Å². The molecule has 0 spiro atoms. The summed E-state index contributed by atoms with van der Waals surface area (Å²) >= 11 is 0. The van der Waals surface area contributed by atoms with Crippen LogP contribution in [-0.2, 0) is 0 Å². The van der Waals surface area contributed by atoms with Crippen molar-refractivity contribution in [2.45, 2.75) is 41.5 Å². The Bertz CT molecular complexity index is 1140. The summed E-state index contributed by atoms with van der Waals surface area (Å²) in [7, 11) is 3.34. The van der Waals surface area contributed by atoms with E-state index >= 15 is 0 Å². The van der Waals surface area contributed by atoms with Crippen molar-refractivity contribution in [3.05, 3.63) is 65.1 Å². The molecule has 0 unspecified atom stereocenters. The van der Waals surface area contributed by atoms with E-state index in [4.69, 9.17) is 14.2 Å². The highest BCUT2D eigenvalue weighted by atomic mass is 16.5. The predicted molar refractivity (Wildman–Crippen MR) is 146 cm³/mol. The maximum atomic E-state index is 5.90. The second kappa shape index (κ2) is 12.2. The molecule has 2 aromatic heterocycles. The van der Waals surface area contributed by atoms with Gasteiger partial charge in [0, 0.05) is 41.1 Å². The monoisotopic (exact) mass is 488 g/mol. The Morgan fingerprint density at radius 3 is 2.03 bits per heavy atom. The van der Waals surface area contributed by atoms with E-state index < -0.39 is 0 Å². The molecule has 0 radical (unpaired) electrons. The van der Waals surface area contributed by atoms with Crippen LogP contribution in [-0.4, -0.2) is 42.3 Å². The summed E-state index contributed by atoms with van der Waals surface area (Å²) in [6, 6.07) is 3.86. The number of hydrogen-bond acceptors (Lipinski definition) is 7. The average Bonchev–Trinajstić information content (AvgIpc) is 2.85. The maximum Gasteiger partial charge on any atom is 0.213 e. The fourth-order valence-electron chi connectivity index (χ4n) is 3.92. The Balaban J connectivity index is 2.00. The van der Waals surface area contributed by atoms with Crippen molar-refractivity contribution in [3.8, 4) is 39.8 Å². The summed E-state index contributed by atoms with van der Waals surface area (Å²) in [6.45, 7) is 13.4. The van der Waals surface area contributed by atoms with Gasteiger partial charge in [0.25, 0.3) is 0 Å². The summed E-state index contributed by atoms with van der Waals surface area (Å²) in [5.74, 6) is 2.76. The van der Waals surface area contributed by atoms with E-state index in [0.29, 0.717) is 30.5 Å². The fourth-order valence-corrected chi connectivity index (χ4v) is 3.92. The zero-order valence-electron chi connectivity index (χ0n) is 22.5. The van der Waals surface area contributed by atoms with E-state index in [-0.39, 0.29) is 0 Å². The molecule has 0 bridgehead atoms. The molecule has 1 N–H and O–H groups in total. The first-order valence-electron chi connectivity index (χ1n) is 11.9. The van der Waals surface area contributed by atoms with Crippen LogP contribution in [0.15, 0.2) is 54.0 Å². The van der Waals surface area contributed by atoms with Crippen LogP contribution in [0, 0.1) is 13.8 Å². The summed E-state index contributed by atoms with van der Waals surface area (Å²) in [4.78, 5) is 13.7. The number of hydrogen-bond donors (Lipinski definition) is 1. The Morgan fingerprint density at radius 2 is 1.47 bits per heavy atom. The predicted octanol–water partition coefficient (Wildman–Crippen LogP) is 6.56. The lowest BCUT2D eigenvalue weighted by molar-refractivity contribution is 0.347. The van der Waals surface area contributed by atoms with Crippen molar-refractivity contribution in [1.29, 1.82) is 0 Å². The number of ether oxygens (including phenoxy) is 3. The third-order valence-corrected chi connectivity index (χ3v) is 5.74. The van der Waals surface area contributed by atoms with Gasteiger partial charge in [-0.2, -0.15) is 0 Å². The van der Waals surface area contributed by atoms with Gasteiger partial charge in [0.05, 0.1) is 37.9 Å². The van der Waals surface area contributed by atoms with Gasteiger partial charge in [-0.05, 0) is 53.7 Å². The second-order valence-corrected chi connectivity index (χ2v) is 8.99. The highest BCUT2D eigenvalue weighted by Crippen LogP contribution is 2.47. The molecule has 2 heterocycles. The van der Waals surface area contributed by atoms with Crippen molar-refractivity contribution in [2.24, 2.45) is 0 Å². The van der Waals surface area contributed by atoms with Crippen molar-refractivity contribution < 1.29 is 14.2 Å². The number of rotatable bonds is 10. The molecule has 0 aliphatic carbocycles. The lowest BCUT2D eigenvalue weighted by Crippen LogP contribution is -2.05. The number of benzene rings is 1. The minimum absolute atomic E-state index is 0.489. The van der Waals surface area contributed by atoms with Crippen LogP contribution in [0.25, 0.3) is 22.4 Å². The Labute approximate surface area is 214 Å². The van der Waals surface area contributed by atoms with Crippen molar-refractivity contribution in [3.63, 3.8) is 0 Å². The first-order chi connectivity index (χ1) is 17.3. The number of methoxy groups -OCH3 is 2. The molecule has 3 rings (SSSR count). The van der Waals surface area contributed by atoms with Crippen LogP contribution in [0.4, 0.5) is 5.82 Å². The molecule has 3 aromatic rings. The number of nitrogens with one attached hydrogen (secondary N) is 1. The van der Waals surface area contributed by atoms with E-state index in [9.17, 15) is 0 Å². The molecule has 0 fully saturated rings. The Hall–Kier alpha value is -3.87. The van der Waals surface area contributed by atoms with E-state index in [1.807, 2.05) is 45.9 Å². The molecule has 190 valence electrons. The topological polar surface area (TPSA) is 78.4 Å². The summed E-state index contributed by atoms with van der Waals surface area (Å²) < 4.78 is 17.5. The Kier molecular flexibility index (Phi) is 9.06. The van der Waals surface area contributed by atoms with Gasteiger partial charge in [0.15, 0.2) is 0 Å². The molecule has 0 atom stereocenters. The zero-order chi connectivity index (χ0) is 26.2. The number of anilines is 1. The van der Waals surface area contributed by atoms with Gasteiger partial charge in [-0.3, -0.25) is 4.98 Å². The SMILES string of the molecule is COc1c(C)c(-c2cnc(NCC=C(C)C)cn2)c(OC)c(C)c1-c1ccc(OCC=C(C)C)nc1. The van der Waals surface area contributed by atoms with Gasteiger partial charge in [-0.25, -0.2) is 9.97 Å². The van der Waals surface area contributed by atoms with E-state index in [1.54, 1.807) is 32.8 Å². The zero-order valence-corrected chi connectivity index (χ0v) is 22.5. The molecule has 7 heteroatoms. The molecular formula is C29H36N4O3. The standard InChI is InChI=1S/C29H36N4O3/c1-18(2)11-13-30-24-17-31-23(16-32-24)27-21(6)28(34-7)26(20(5)29(27)35-8)22-9-10-25(33-15-22)36-14-12-19(3)4/h9-12,15-17H,13-14H2,1-8H3,(H,30,32). The molecule has 36 heavy (non-hydrogen) atoms. The van der Waals surface area contributed by atoms with Crippen LogP contribution < -0.4 is 19.5 Å². The van der Waals surface area contributed by atoms with Gasteiger partial charge in [-0.1, -0.05) is 17.2 Å². The Morgan fingerprint density at radius 1 is 0.806 bits per heavy atom. The van der Waals surface area contributed by atoms with Crippen LogP contribution in [0.5, 0.6) is 17.4 Å². The number of allylic oxidation sites excluding steroid dienone is 2. The maximum absolute atomic E-state index is 5.90. The normalized spacial score (nSPS) is 10.4. The first-order valence-corrected chi connectivity index (χ1v) is 11.9. The molecule has 1 aromatic carbocycles. The van der Waals surface area contributed by atoms with Crippen molar-refractivity contribution >= 4 is 5.82 Å². The van der Waals surface area contributed by atoms with Gasteiger partial charge < -0.3 is 19.5 Å². The largest absolute Gasteiger partial charge is 0.496 e. The van der Waals surface area contributed by atoms with Gasteiger partial charge in [-0.15, -0.1) is 0 Å². The molecule has 0 aliphatic heterocycles. The number of aromatic nitrogens is 3. The second-order valence-electron chi connectivity index (χ2n) is 8.99. The highest BCUT2D eigenvalue weighted by Gasteiger charge is 2.24. The van der Waals surface area contributed by atoms with Crippen LogP contribution in [0.2, 0.25) is 0 Å². The van der Waals surface area contributed by atoms with Gasteiger partial charge in [0.1, 0.15) is 23.9 Å². The van der Waals surface area contributed by atoms with Crippen LogP contribution >= 0.6 is 0 Å². The minimum atomic E-state index is 0.489. The first kappa shape index (κ1) is 26.7. The lowest BCUT2D eigenvalue weighted by atomic mass is 9.91. The third-order valence-electron chi connectivity index (χ3n) is 5.74. The van der Waals surface area contributed by atoms with Crippen LogP contribution in [0.3, 0.4) is 0 Å². The quantitative estimate of drug-likeness (QED) is 0.324. The van der Waals surface area contributed by atoms with Crippen LogP contribution in [0.1, 0.15) is 38.8 Å². The third kappa shape index (κ3) is 6.22. The molecule has 0 amide bonds.